The fraction of sp³-hybridized carbons (Fsp3) is 0.737. The highest BCUT2D eigenvalue weighted by atomic mass is 16.5. The fourth-order valence-corrected chi connectivity index (χ4v) is 7.67. The molecule has 3 aliphatic rings. The highest BCUT2D eigenvalue weighted by Crippen LogP contribution is 2.55. The highest BCUT2D eigenvalue weighted by molar-refractivity contribution is 5.76. The van der Waals surface area contributed by atoms with Gasteiger partial charge in [-0.3, -0.25) is 14.5 Å². The number of allylic oxidation sites excluding steroid dienone is 2. The molecule has 0 radical (unpaired) electrons. The summed E-state index contributed by atoms with van der Waals surface area (Å²) in [6.07, 6.45) is 8.71. The number of carbonyl (C=O) groups excluding carboxylic acids is 2. The van der Waals surface area contributed by atoms with Crippen LogP contribution in [0.1, 0.15) is 131 Å². The molecule has 0 N–H and O–H groups in total. The fourth-order valence-electron chi connectivity index (χ4n) is 7.67. The van der Waals surface area contributed by atoms with Crippen molar-refractivity contribution in [2.24, 2.45) is 5.92 Å². The molecule has 1 aliphatic carbocycles. The molecule has 2 atom stereocenters. The van der Waals surface area contributed by atoms with Crippen LogP contribution in [0.25, 0.3) is 0 Å². The zero-order valence-corrected chi connectivity index (χ0v) is 29.7. The molecule has 0 spiro atoms. The van der Waals surface area contributed by atoms with E-state index in [0.717, 1.165) is 61.9 Å². The van der Waals surface area contributed by atoms with Crippen molar-refractivity contribution < 1.29 is 23.8 Å². The Morgan fingerprint density at radius 3 is 2.40 bits per heavy atom. The zero-order chi connectivity index (χ0) is 32.9. The number of amides is 1. The molecule has 7 heteroatoms. The van der Waals surface area contributed by atoms with E-state index in [4.69, 9.17) is 14.2 Å². The first kappa shape index (κ1) is 35.5. The van der Waals surface area contributed by atoms with E-state index < -0.39 is 0 Å². The van der Waals surface area contributed by atoms with Crippen molar-refractivity contribution >= 4 is 11.9 Å². The number of hydrogen-bond acceptors (Lipinski definition) is 6. The van der Waals surface area contributed by atoms with Gasteiger partial charge in [-0.05, 0) is 110 Å². The van der Waals surface area contributed by atoms with Gasteiger partial charge in [-0.25, -0.2) is 0 Å². The Morgan fingerprint density at radius 2 is 1.73 bits per heavy atom. The number of benzene rings is 1. The van der Waals surface area contributed by atoms with Gasteiger partial charge in [-0.15, -0.1) is 0 Å². The van der Waals surface area contributed by atoms with Crippen molar-refractivity contribution in [2.75, 3.05) is 32.8 Å². The van der Waals surface area contributed by atoms with Gasteiger partial charge in [0.05, 0.1) is 13.2 Å². The Labute approximate surface area is 273 Å². The lowest BCUT2D eigenvalue weighted by Crippen LogP contribution is -2.45. The minimum absolute atomic E-state index is 0.175. The van der Waals surface area contributed by atoms with E-state index in [1.807, 2.05) is 4.90 Å². The minimum atomic E-state index is -0.323. The second-order valence-corrected chi connectivity index (χ2v) is 15.4. The van der Waals surface area contributed by atoms with Crippen molar-refractivity contribution in [2.45, 2.75) is 143 Å². The number of carbonyl (C=O) groups is 2. The van der Waals surface area contributed by atoms with Gasteiger partial charge in [0.1, 0.15) is 17.1 Å². The largest absolute Gasteiger partial charge is 0.487 e. The molecule has 0 saturated carbocycles. The minimum Gasteiger partial charge on any atom is -0.487 e. The number of ether oxygens (including phenoxy) is 3. The summed E-state index contributed by atoms with van der Waals surface area (Å²) in [7, 11) is 0. The molecule has 252 valence electrons. The molecule has 0 aromatic heterocycles. The van der Waals surface area contributed by atoms with Gasteiger partial charge in [-0.2, -0.15) is 0 Å². The van der Waals surface area contributed by atoms with Crippen LogP contribution in [-0.4, -0.2) is 72.2 Å². The van der Waals surface area contributed by atoms with Gasteiger partial charge in [-0.1, -0.05) is 31.9 Å². The number of esters is 1. The first-order valence-corrected chi connectivity index (χ1v) is 17.5. The predicted molar refractivity (Wildman–Crippen MR) is 181 cm³/mol. The molecule has 1 saturated heterocycles. The maximum Gasteiger partial charge on any atom is 0.311 e. The molecule has 0 unspecified atom stereocenters. The van der Waals surface area contributed by atoms with Crippen molar-refractivity contribution in [3.63, 3.8) is 0 Å². The number of fused-ring (bicyclic) bond motifs is 3. The van der Waals surface area contributed by atoms with E-state index in [-0.39, 0.29) is 28.8 Å². The summed E-state index contributed by atoms with van der Waals surface area (Å²) in [5.74, 6) is 2.15. The number of nitrogens with zero attached hydrogens (tertiary/aromatic N) is 2. The molecule has 1 aromatic carbocycles. The lowest BCUT2D eigenvalue weighted by atomic mass is 9.66. The van der Waals surface area contributed by atoms with Crippen LogP contribution in [0.4, 0.5) is 0 Å². The maximum absolute atomic E-state index is 13.4. The molecule has 0 bridgehead atoms. The summed E-state index contributed by atoms with van der Waals surface area (Å²) in [4.78, 5) is 30.4. The Morgan fingerprint density at radius 1 is 1.04 bits per heavy atom. The summed E-state index contributed by atoms with van der Waals surface area (Å²) in [5.41, 5.74) is 3.06. The van der Waals surface area contributed by atoms with Crippen LogP contribution in [0, 0.1) is 5.92 Å². The SMILES string of the molecule is CC1=CC[C@@H]2[C@@H](C1)c1c(OC(=O)CCCN(C(C)C)C(C)C)cc(C(C)(C)CCCCC(=O)N3CCOCC3)cc1OC2(C)C. The van der Waals surface area contributed by atoms with Gasteiger partial charge in [0.2, 0.25) is 5.91 Å². The van der Waals surface area contributed by atoms with E-state index >= 15 is 0 Å². The van der Waals surface area contributed by atoms with Crippen LogP contribution in [-0.2, 0) is 19.7 Å². The Hall–Kier alpha value is -2.38. The average Bonchev–Trinajstić information content (AvgIpc) is 2.96. The summed E-state index contributed by atoms with van der Waals surface area (Å²) in [6.45, 7) is 23.5. The first-order chi connectivity index (χ1) is 21.2. The van der Waals surface area contributed by atoms with E-state index in [0.29, 0.717) is 62.9 Å². The Balaban J connectivity index is 1.53. The van der Waals surface area contributed by atoms with E-state index in [9.17, 15) is 9.59 Å². The van der Waals surface area contributed by atoms with Crippen LogP contribution in [0.15, 0.2) is 23.8 Å². The topological polar surface area (TPSA) is 68.3 Å². The summed E-state index contributed by atoms with van der Waals surface area (Å²) in [6, 6.07) is 5.20. The van der Waals surface area contributed by atoms with E-state index in [1.54, 1.807) is 0 Å². The van der Waals surface area contributed by atoms with Crippen molar-refractivity contribution in [3.05, 3.63) is 34.9 Å². The normalized spacial score (nSPS) is 21.3. The molecule has 7 nitrogen and oxygen atoms in total. The van der Waals surface area contributed by atoms with E-state index in [2.05, 4.69) is 85.4 Å². The second-order valence-electron chi connectivity index (χ2n) is 15.4. The number of rotatable bonds is 13. The summed E-state index contributed by atoms with van der Waals surface area (Å²) in [5, 5.41) is 0. The van der Waals surface area contributed by atoms with Crippen LogP contribution >= 0.6 is 0 Å². The van der Waals surface area contributed by atoms with E-state index in [1.165, 1.54) is 5.57 Å². The van der Waals surface area contributed by atoms with Crippen LogP contribution < -0.4 is 9.47 Å². The Bertz CT molecular complexity index is 1200. The monoisotopic (exact) mass is 624 g/mol. The van der Waals surface area contributed by atoms with Gasteiger partial charge < -0.3 is 19.1 Å². The third kappa shape index (κ3) is 8.91. The third-order valence-corrected chi connectivity index (χ3v) is 10.4. The predicted octanol–water partition coefficient (Wildman–Crippen LogP) is 7.80. The molecular formula is C38H60N2O5. The van der Waals surface area contributed by atoms with Crippen molar-refractivity contribution in [1.82, 2.24) is 9.80 Å². The van der Waals surface area contributed by atoms with Gasteiger partial charge in [0.25, 0.3) is 0 Å². The van der Waals surface area contributed by atoms with Crippen LogP contribution in [0.2, 0.25) is 0 Å². The molecule has 45 heavy (non-hydrogen) atoms. The highest BCUT2D eigenvalue weighted by Gasteiger charge is 2.46. The van der Waals surface area contributed by atoms with Crippen LogP contribution in [0.5, 0.6) is 11.5 Å². The molecule has 2 heterocycles. The molecule has 1 fully saturated rings. The molecular weight excluding hydrogens is 564 g/mol. The van der Waals surface area contributed by atoms with Gasteiger partial charge in [0, 0.05) is 55.4 Å². The maximum atomic E-state index is 13.4. The average molecular weight is 625 g/mol. The number of unbranched alkanes of at least 4 members (excludes halogenated alkanes) is 1. The quantitative estimate of drug-likeness (QED) is 0.0966. The molecule has 2 aliphatic heterocycles. The standard InChI is InChI=1S/C38H60N2O5/c1-26(2)40(27(3)4)18-12-14-35(42)44-32-24-29(37(6,7)17-11-10-13-34(41)39-19-21-43-22-20-39)25-33-36(32)30-23-28(5)15-16-31(30)38(8,9)45-33/h15,24-27,30-31H,10-14,16-23H2,1-9H3/t30-,31-/m1/s1. The zero-order valence-electron chi connectivity index (χ0n) is 29.7. The summed E-state index contributed by atoms with van der Waals surface area (Å²) < 4.78 is 18.5. The van der Waals surface area contributed by atoms with Crippen molar-refractivity contribution in [1.29, 1.82) is 0 Å². The molecule has 4 rings (SSSR count). The second kappa shape index (κ2) is 15.0. The lowest BCUT2D eigenvalue weighted by molar-refractivity contribution is -0.135. The third-order valence-electron chi connectivity index (χ3n) is 10.4. The van der Waals surface area contributed by atoms with Crippen molar-refractivity contribution in [3.8, 4) is 11.5 Å². The number of hydrogen-bond donors (Lipinski definition) is 0. The Kier molecular flexibility index (Phi) is 11.8. The molecule has 1 amide bonds. The smallest absolute Gasteiger partial charge is 0.311 e. The van der Waals surface area contributed by atoms with Gasteiger partial charge >= 0.3 is 5.97 Å². The van der Waals surface area contributed by atoms with Gasteiger partial charge in [0.15, 0.2) is 0 Å². The summed E-state index contributed by atoms with van der Waals surface area (Å²) >= 11 is 0. The van der Waals surface area contributed by atoms with Crippen LogP contribution in [0.3, 0.4) is 0 Å². The number of morpholine rings is 1. The molecule has 1 aromatic rings. The lowest BCUT2D eigenvalue weighted by Gasteiger charge is -2.47. The first-order valence-electron chi connectivity index (χ1n) is 17.5.